The molecule has 0 bridgehead atoms. The molecule has 0 saturated heterocycles. The Morgan fingerprint density at radius 3 is 3.04 bits per heavy atom. The number of hydrogen-bond acceptors (Lipinski definition) is 8. The minimum atomic E-state index is -2.86. The van der Waals surface area contributed by atoms with Crippen LogP contribution in [0.1, 0.15) is 13.8 Å². The molecule has 0 spiro atoms. The molecule has 0 saturated carbocycles. The molecule has 1 aromatic carbocycles. The van der Waals surface area contributed by atoms with Gasteiger partial charge in [0.25, 0.3) is 0 Å². The molecule has 11 heteroatoms. The molecule has 0 atom stereocenters. The fraction of sp³-hybridized carbons (Fsp3) is 0.231. The lowest BCUT2D eigenvalue weighted by atomic mass is 10.2. The molecule has 0 amide bonds. The van der Waals surface area contributed by atoms with Crippen molar-refractivity contribution in [3.8, 4) is 17.2 Å². The van der Waals surface area contributed by atoms with Gasteiger partial charge in [0.2, 0.25) is 11.6 Å². The summed E-state index contributed by atoms with van der Waals surface area (Å²) in [5.41, 5.74) is 4.19. The fourth-order valence-electron chi connectivity index (χ4n) is 1.81. The highest BCUT2D eigenvalue weighted by molar-refractivity contribution is 9.10. The van der Waals surface area contributed by atoms with Crippen molar-refractivity contribution in [3.05, 3.63) is 38.5 Å². The number of nitrogens with zero attached hydrogens (tertiary/aromatic N) is 4. The summed E-state index contributed by atoms with van der Waals surface area (Å²) in [5.74, 6) is -2.97. The van der Waals surface area contributed by atoms with E-state index in [1.807, 2.05) is 0 Å². The monoisotopic (exact) mass is 404 g/mol. The van der Waals surface area contributed by atoms with Crippen LogP contribution in [0.2, 0.25) is 0 Å². The van der Waals surface area contributed by atoms with Crippen molar-refractivity contribution < 1.29 is 21.8 Å². The molecule has 0 unspecified atom stereocenters. The van der Waals surface area contributed by atoms with Gasteiger partial charge in [-0.05, 0) is 50.8 Å². The van der Waals surface area contributed by atoms with E-state index in [2.05, 4.69) is 45.9 Å². The Labute approximate surface area is 151 Å². The molecule has 2 heterocycles. The first-order chi connectivity index (χ1) is 13.8. The molecule has 24 heavy (non-hydrogen) atoms. The van der Waals surface area contributed by atoms with Crippen LogP contribution in [-0.2, 0) is 0 Å². The first kappa shape index (κ1) is 10.4. The van der Waals surface area contributed by atoms with Crippen molar-refractivity contribution in [2.45, 2.75) is 6.92 Å². The van der Waals surface area contributed by atoms with E-state index in [9.17, 15) is 9.18 Å². The smallest absolute Gasteiger partial charge is 0.364 e. The number of rotatable bonds is 5. The molecule has 3 rings (SSSR count). The number of aromatic nitrogens is 4. The van der Waals surface area contributed by atoms with Crippen molar-refractivity contribution in [1.29, 1.82) is 0 Å². The predicted octanol–water partition coefficient (Wildman–Crippen LogP) is 1.46. The third kappa shape index (κ3) is 2.83. The van der Waals surface area contributed by atoms with Crippen LogP contribution in [-0.4, -0.2) is 33.0 Å². The summed E-state index contributed by atoms with van der Waals surface area (Å²) < 4.78 is 70.0. The van der Waals surface area contributed by atoms with Crippen molar-refractivity contribution in [3.63, 3.8) is 0 Å². The number of nitrogens with one attached hydrogen (secondary N) is 1. The standard InChI is InChI=1S/C13H12BrFN6O3/c1-6-4-7(5-8(14)9(6)15)21-12(20-23-13(21)22)10-11(17-3-2-16)19-24-18-10/h4-5H,2-3,16H2,1H3,(H,17,19)/i2D2,3D2,4D,5D. The lowest BCUT2D eigenvalue weighted by molar-refractivity contribution is 0.309. The summed E-state index contributed by atoms with van der Waals surface area (Å²) in [4.78, 5) is 12.3. The third-order valence-corrected chi connectivity index (χ3v) is 3.38. The lowest BCUT2D eigenvalue weighted by Gasteiger charge is -2.07. The Morgan fingerprint density at radius 2 is 2.29 bits per heavy atom. The Hall–Kier alpha value is -2.53. The first-order valence-corrected chi connectivity index (χ1v) is 7.01. The van der Waals surface area contributed by atoms with Crippen LogP contribution in [0.5, 0.6) is 0 Å². The van der Waals surface area contributed by atoms with Crippen LogP contribution in [0.3, 0.4) is 0 Å². The maximum atomic E-state index is 14.2. The van der Waals surface area contributed by atoms with Crippen LogP contribution in [0.4, 0.5) is 10.2 Å². The third-order valence-electron chi connectivity index (χ3n) is 2.84. The minimum absolute atomic E-state index is 0.170. The predicted molar refractivity (Wildman–Crippen MR) is 85.3 cm³/mol. The van der Waals surface area contributed by atoms with Crippen molar-refractivity contribution >= 4 is 21.7 Å². The van der Waals surface area contributed by atoms with E-state index in [1.165, 1.54) is 6.92 Å². The Bertz CT molecular complexity index is 1160. The number of anilines is 1. The van der Waals surface area contributed by atoms with Crippen molar-refractivity contribution in [2.24, 2.45) is 5.73 Å². The van der Waals surface area contributed by atoms with Crippen LogP contribution < -0.4 is 16.8 Å². The summed E-state index contributed by atoms with van der Waals surface area (Å²) >= 11 is 2.90. The quantitative estimate of drug-likeness (QED) is 0.654. The molecule has 0 aliphatic rings. The molecule has 126 valence electrons. The van der Waals surface area contributed by atoms with Crippen LogP contribution in [0.15, 0.2) is 30.5 Å². The fourth-order valence-corrected chi connectivity index (χ4v) is 2.29. The van der Waals surface area contributed by atoms with Crippen LogP contribution >= 0.6 is 15.9 Å². The SMILES string of the molecule is [2H]c1c(C)c(F)c(Br)c([2H])c1-n1c(-c2nonc2NC([2H])([2H])C([2H])([2H])N)noc1=O. The van der Waals surface area contributed by atoms with E-state index in [1.54, 1.807) is 0 Å². The van der Waals surface area contributed by atoms with Gasteiger partial charge >= 0.3 is 5.76 Å². The molecular weight excluding hydrogens is 387 g/mol. The minimum Gasteiger partial charge on any atom is -0.364 e. The second-order valence-electron chi connectivity index (χ2n) is 4.31. The van der Waals surface area contributed by atoms with Gasteiger partial charge in [-0.3, -0.25) is 4.52 Å². The maximum absolute atomic E-state index is 14.2. The van der Waals surface area contributed by atoms with Crippen molar-refractivity contribution in [2.75, 3.05) is 18.3 Å². The molecule has 3 N–H and O–H groups in total. The van der Waals surface area contributed by atoms with E-state index in [0.29, 0.717) is 4.57 Å². The van der Waals surface area contributed by atoms with Crippen molar-refractivity contribution in [1.82, 2.24) is 20.0 Å². The Morgan fingerprint density at radius 1 is 1.50 bits per heavy atom. The average Bonchev–Trinajstić information content (AvgIpc) is 3.24. The van der Waals surface area contributed by atoms with Gasteiger partial charge in [-0.1, -0.05) is 5.16 Å². The van der Waals surface area contributed by atoms with E-state index >= 15 is 0 Å². The zero-order chi connectivity index (χ0) is 22.6. The molecule has 0 radical (unpaired) electrons. The summed E-state index contributed by atoms with van der Waals surface area (Å²) in [6, 6.07) is -1.07. The van der Waals surface area contributed by atoms with Gasteiger partial charge in [-0.2, -0.15) is 0 Å². The van der Waals surface area contributed by atoms with Gasteiger partial charge in [0.1, 0.15) is 5.82 Å². The second-order valence-corrected chi connectivity index (χ2v) is 5.11. The van der Waals surface area contributed by atoms with Crippen LogP contribution in [0.25, 0.3) is 17.2 Å². The molecule has 3 aromatic rings. The highest BCUT2D eigenvalue weighted by Gasteiger charge is 2.23. The molecule has 0 aliphatic heterocycles. The number of halogens is 2. The molecular formula is C13H12BrFN6O3. The molecule has 0 aliphatic carbocycles. The Kier molecular flexibility index (Phi) is 2.82. The second kappa shape index (κ2) is 6.53. The number of hydrogen-bond donors (Lipinski definition) is 2. The highest BCUT2D eigenvalue weighted by atomic mass is 79.9. The average molecular weight is 405 g/mol. The van der Waals surface area contributed by atoms with Gasteiger partial charge in [-0.15, -0.1) is 0 Å². The first-order valence-electron chi connectivity index (χ1n) is 9.21. The number of nitrogens with two attached hydrogens (primary N) is 1. The van der Waals surface area contributed by atoms with Gasteiger partial charge in [-0.25, -0.2) is 18.4 Å². The summed E-state index contributed by atoms with van der Waals surface area (Å²) in [6.07, 6.45) is 0. The largest absolute Gasteiger partial charge is 0.446 e. The van der Waals surface area contributed by atoms with Gasteiger partial charge in [0.15, 0.2) is 5.69 Å². The molecule has 0 fully saturated rings. The molecule has 2 aromatic heterocycles. The van der Waals surface area contributed by atoms with Gasteiger partial charge in [0, 0.05) is 15.7 Å². The van der Waals surface area contributed by atoms with Crippen LogP contribution in [0, 0.1) is 12.7 Å². The van der Waals surface area contributed by atoms with E-state index < -0.39 is 59.7 Å². The van der Waals surface area contributed by atoms with Gasteiger partial charge < -0.3 is 11.1 Å². The highest BCUT2D eigenvalue weighted by Crippen LogP contribution is 2.27. The number of benzene rings is 1. The zero-order valence-corrected chi connectivity index (χ0v) is 13.4. The summed E-state index contributed by atoms with van der Waals surface area (Å²) in [5, 5.41) is 12.5. The summed E-state index contributed by atoms with van der Waals surface area (Å²) in [6.45, 7) is -4.44. The van der Waals surface area contributed by atoms with Gasteiger partial charge in [0.05, 0.1) is 15.6 Å². The van der Waals surface area contributed by atoms with E-state index in [4.69, 9.17) is 14.0 Å². The summed E-state index contributed by atoms with van der Waals surface area (Å²) in [7, 11) is 0. The topological polar surface area (TPSA) is 125 Å². The maximum Gasteiger partial charge on any atom is 0.446 e. The Balaban J connectivity index is 2.23. The van der Waals surface area contributed by atoms with E-state index in [-0.39, 0.29) is 10.0 Å². The molecule has 9 nitrogen and oxygen atoms in total. The zero-order valence-electron chi connectivity index (χ0n) is 17.8. The van der Waals surface area contributed by atoms with E-state index in [0.717, 1.165) is 0 Å². The normalized spacial score (nSPS) is 15.8. The lowest BCUT2D eigenvalue weighted by Crippen LogP contribution is -2.16.